The topological polar surface area (TPSA) is 105 Å². The molecule has 0 aliphatic carbocycles. The second-order valence-electron chi connectivity index (χ2n) is 6.64. The minimum absolute atomic E-state index is 0.0445. The standard InChI is InChI=1S/C20H20F3N7O/c1-12-5-6-24-16(9-12)30-18-10-17(28-13(2)29-18)25-7-8-26-19(31)14-3-4-15(27-11-14)20(21,22)23/h3-6,9-11H,7-8H2,1-2H3,(H,26,31)(H2,24,25,28,29,30). The van der Waals surface area contributed by atoms with Crippen LogP contribution in [0.4, 0.5) is 30.6 Å². The van der Waals surface area contributed by atoms with Gasteiger partial charge in [0.1, 0.15) is 29.0 Å². The first-order valence-corrected chi connectivity index (χ1v) is 9.31. The molecule has 0 aliphatic heterocycles. The third kappa shape index (κ3) is 6.36. The lowest BCUT2D eigenvalue weighted by Crippen LogP contribution is -2.29. The first-order chi connectivity index (χ1) is 14.7. The van der Waals surface area contributed by atoms with E-state index in [1.165, 1.54) is 0 Å². The predicted octanol–water partition coefficient (Wildman–Crippen LogP) is 3.49. The maximum Gasteiger partial charge on any atom is 0.433 e. The molecule has 31 heavy (non-hydrogen) atoms. The molecule has 0 atom stereocenters. The van der Waals surface area contributed by atoms with Crippen molar-refractivity contribution >= 4 is 23.4 Å². The average molecular weight is 431 g/mol. The predicted molar refractivity (Wildman–Crippen MR) is 109 cm³/mol. The lowest BCUT2D eigenvalue weighted by atomic mass is 10.2. The van der Waals surface area contributed by atoms with Gasteiger partial charge in [0.05, 0.1) is 5.56 Å². The third-order valence-corrected chi connectivity index (χ3v) is 4.04. The average Bonchev–Trinajstić information content (AvgIpc) is 2.70. The number of halogens is 3. The summed E-state index contributed by atoms with van der Waals surface area (Å²) in [5.74, 6) is 1.79. The number of amides is 1. The van der Waals surface area contributed by atoms with Crippen molar-refractivity contribution in [3.05, 3.63) is 65.4 Å². The monoisotopic (exact) mass is 431 g/mol. The fourth-order valence-electron chi connectivity index (χ4n) is 2.62. The number of aryl methyl sites for hydroxylation is 2. The van der Waals surface area contributed by atoms with E-state index in [2.05, 4.69) is 35.9 Å². The Kier molecular flexibility index (Phi) is 6.63. The van der Waals surface area contributed by atoms with Crippen LogP contribution in [0.3, 0.4) is 0 Å². The van der Waals surface area contributed by atoms with Gasteiger partial charge in [-0.15, -0.1) is 0 Å². The van der Waals surface area contributed by atoms with Crippen molar-refractivity contribution in [2.75, 3.05) is 23.7 Å². The van der Waals surface area contributed by atoms with Crippen LogP contribution in [0.25, 0.3) is 0 Å². The Morgan fingerprint density at radius 2 is 1.74 bits per heavy atom. The van der Waals surface area contributed by atoms with Gasteiger partial charge in [-0.1, -0.05) is 0 Å². The number of hydrogen-bond acceptors (Lipinski definition) is 7. The molecule has 3 N–H and O–H groups in total. The van der Waals surface area contributed by atoms with Crippen LogP contribution in [0, 0.1) is 13.8 Å². The molecule has 162 valence electrons. The van der Waals surface area contributed by atoms with Crippen molar-refractivity contribution in [3.63, 3.8) is 0 Å². The molecule has 0 radical (unpaired) electrons. The summed E-state index contributed by atoms with van der Waals surface area (Å²) in [4.78, 5) is 28.2. The molecule has 1 amide bonds. The fourth-order valence-corrected chi connectivity index (χ4v) is 2.62. The number of hydrogen-bond donors (Lipinski definition) is 3. The highest BCUT2D eigenvalue weighted by molar-refractivity contribution is 5.93. The molecule has 0 fully saturated rings. The van der Waals surface area contributed by atoms with E-state index in [1.54, 1.807) is 19.2 Å². The van der Waals surface area contributed by atoms with Gasteiger partial charge in [0.2, 0.25) is 0 Å². The highest BCUT2D eigenvalue weighted by Gasteiger charge is 2.32. The zero-order valence-corrected chi connectivity index (χ0v) is 16.8. The van der Waals surface area contributed by atoms with Crippen LogP contribution in [0.1, 0.15) is 27.4 Å². The van der Waals surface area contributed by atoms with Crippen LogP contribution in [0.5, 0.6) is 0 Å². The quantitative estimate of drug-likeness (QED) is 0.492. The van der Waals surface area contributed by atoms with Crippen molar-refractivity contribution in [2.24, 2.45) is 0 Å². The van der Waals surface area contributed by atoms with Gasteiger partial charge in [-0.25, -0.2) is 15.0 Å². The summed E-state index contributed by atoms with van der Waals surface area (Å²) in [6.07, 6.45) is -1.95. The van der Waals surface area contributed by atoms with Crippen molar-refractivity contribution in [3.8, 4) is 0 Å². The molecule has 3 rings (SSSR count). The minimum atomic E-state index is -4.54. The Balaban J connectivity index is 1.52. The smallest absolute Gasteiger partial charge is 0.368 e. The van der Waals surface area contributed by atoms with E-state index >= 15 is 0 Å². The summed E-state index contributed by atoms with van der Waals surface area (Å²) in [6, 6.07) is 7.34. The molecule has 0 saturated heterocycles. The zero-order chi connectivity index (χ0) is 22.4. The molecule has 0 aliphatic rings. The largest absolute Gasteiger partial charge is 0.433 e. The van der Waals surface area contributed by atoms with Gasteiger partial charge < -0.3 is 16.0 Å². The Labute approximate surface area is 176 Å². The first-order valence-electron chi connectivity index (χ1n) is 9.31. The highest BCUT2D eigenvalue weighted by atomic mass is 19.4. The van der Waals surface area contributed by atoms with Crippen molar-refractivity contribution < 1.29 is 18.0 Å². The minimum Gasteiger partial charge on any atom is -0.368 e. The van der Waals surface area contributed by atoms with Gasteiger partial charge in [-0.2, -0.15) is 13.2 Å². The van der Waals surface area contributed by atoms with Crippen LogP contribution in [-0.4, -0.2) is 38.9 Å². The molecule has 3 aromatic heterocycles. The fraction of sp³-hybridized carbons (Fsp3) is 0.250. The normalized spacial score (nSPS) is 11.1. The molecule has 8 nitrogen and oxygen atoms in total. The van der Waals surface area contributed by atoms with Crippen molar-refractivity contribution in [1.82, 2.24) is 25.3 Å². The molecule has 3 aromatic rings. The van der Waals surface area contributed by atoms with Crippen LogP contribution < -0.4 is 16.0 Å². The molecular formula is C20H20F3N7O. The Morgan fingerprint density at radius 1 is 0.968 bits per heavy atom. The van der Waals surface area contributed by atoms with E-state index < -0.39 is 17.8 Å². The first kappa shape index (κ1) is 21.9. The van der Waals surface area contributed by atoms with E-state index in [0.29, 0.717) is 29.8 Å². The second kappa shape index (κ2) is 9.37. The number of nitrogens with one attached hydrogen (secondary N) is 3. The SMILES string of the molecule is Cc1ccnc(Nc2cc(NCCNC(=O)c3ccc(C(F)(F)F)nc3)nc(C)n2)c1. The van der Waals surface area contributed by atoms with Crippen LogP contribution in [0.2, 0.25) is 0 Å². The third-order valence-electron chi connectivity index (χ3n) is 4.04. The molecule has 0 aromatic carbocycles. The molecule has 0 bridgehead atoms. The van der Waals surface area contributed by atoms with Crippen LogP contribution in [-0.2, 0) is 6.18 Å². The van der Waals surface area contributed by atoms with Gasteiger partial charge in [0, 0.05) is 31.5 Å². The number of carbonyl (C=O) groups excluding carboxylic acids is 1. The molecule has 0 saturated carbocycles. The molecule has 0 unspecified atom stereocenters. The molecular weight excluding hydrogens is 411 g/mol. The van der Waals surface area contributed by atoms with Gasteiger partial charge >= 0.3 is 6.18 Å². The number of nitrogens with zero attached hydrogens (tertiary/aromatic N) is 4. The maximum atomic E-state index is 12.5. The van der Waals surface area contributed by atoms with Crippen LogP contribution >= 0.6 is 0 Å². The van der Waals surface area contributed by atoms with Gasteiger partial charge in [0.25, 0.3) is 5.91 Å². The number of pyridine rings is 2. The van der Waals surface area contributed by atoms with Crippen LogP contribution in [0.15, 0.2) is 42.7 Å². The summed E-state index contributed by atoms with van der Waals surface area (Å²) in [5, 5.41) is 8.79. The highest BCUT2D eigenvalue weighted by Crippen LogP contribution is 2.27. The van der Waals surface area contributed by atoms with Gasteiger partial charge in [-0.05, 0) is 43.7 Å². The zero-order valence-electron chi connectivity index (χ0n) is 16.8. The number of aromatic nitrogens is 4. The summed E-state index contributed by atoms with van der Waals surface area (Å²) in [7, 11) is 0. The number of carbonyl (C=O) groups is 1. The summed E-state index contributed by atoms with van der Waals surface area (Å²) in [6.45, 7) is 4.28. The van der Waals surface area contributed by atoms with E-state index in [-0.39, 0.29) is 12.1 Å². The number of anilines is 3. The van der Waals surface area contributed by atoms with Gasteiger partial charge in [0.15, 0.2) is 0 Å². The second-order valence-corrected chi connectivity index (χ2v) is 6.64. The van der Waals surface area contributed by atoms with E-state index in [0.717, 1.165) is 23.9 Å². The lowest BCUT2D eigenvalue weighted by Gasteiger charge is -2.11. The lowest BCUT2D eigenvalue weighted by molar-refractivity contribution is -0.141. The Hall–Kier alpha value is -3.76. The Morgan fingerprint density at radius 3 is 2.42 bits per heavy atom. The Bertz CT molecular complexity index is 1060. The van der Waals surface area contributed by atoms with Crippen molar-refractivity contribution in [2.45, 2.75) is 20.0 Å². The van der Waals surface area contributed by atoms with E-state index in [4.69, 9.17) is 0 Å². The number of alkyl halides is 3. The van der Waals surface area contributed by atoms with Gasteiger partial charge in [-0.3, -0.25) is 9.78 Å². The summed E-state index contributed by atoms with van der Waals surface area (Å²) >= 11 is 0. The molecule has 3 heterocycles. The molecule has 11 heteroatoms. The molecule has 0 spiro atoms. The van der Waals surface area contributed by atoms with E-state index in [1.807, 2.05) is 19.1 Å². The summed E-state index contributed by atoms with van der Waals surface area (Å²) in [5.41, 5.74) is 0.0544. The summed E-state index contributed by atoms with van der Waals surface area (Å²) < 4.78 is 37.6. The number of rotatable bonds is 7. The van der Waals surface area contributed by atoms with E-state index in [9.17, 15) is 18.0 Å². The maximum absolute atomic E-state index is 12.5. The van der Waals surface area contributed by atoms with Crippen molar-refractivity contribution in [1.29, 1.82) is 0 Å².